The Morgan fingerprint density at radius 1 is 1.36 bits per heavy atom. The van der Waals surface area contributed by atoms with Crippen LogP contribution in [0.1, 0.15) is 43.7 Å². The van der Waals surface area contributed by atoms with Gasteiger partial charge >= 0.3 is 0 Å². The summed E-state index contributed by atoms with van der Waals surface area (Å²) >= 11 is 0. The minimum absolute atomic E-state index is 0.484. The molecule has 0 atom stereocenters. The first-order valence-corrected chi connectivity index (χ1v) is 9.33. The van der Waals surface area contributed by atoms with Gasteiger partial charge in [-0.25, -0.2) is 0 Å². The molecule has 0 aliphatic carbocycles. The molecule has 0 aromatic carbocycles. The highest BCUT2D eigenvalue weighted by atomic mass is 16.5. The van der Waals surface area contributed by atoms with Crippen molar-refractivity contribution in [2.24, 2.45) is 4.99 Å². The monoisotopic (exact) mass is 347 g/mol. The third-order valence-corrected chi connectivity index (χ3v) is 4.58. The summed E-state index contributed by atoms with van der Waals surface area (Å²) in [6.07, 6.45) is 3.14. The predicted octanol–water partition coefficient (Wildman–Crippen LogP) is 2.43. The maximum atomic E-state index is 5.22. The molecule has 1 aromatic heterocycles. The SMILES string of the molecule is C=C(C)CN1CCC(NC(=NCCc2c(C)noc2C)NCC)CC1. The van der Waals surface area contributed by atoms with Gasteiger partial charge in [0.25, 0.3) is 0 Å². The van der Waals surface area contributed by atoms with Crippen LogP contribution < -0.4 is 10.6 Å². The molecule has 25 heavy (non-hydrogen) atoms. The van der Waals surface area contributed by atoms with Gasteiger partial charge < -0.3 is 15.2 Å². The second-order valence-electron chi connectivity index (χ2n) is 6.97. The Morgan fingerprint density at radius 3 is 2.64 bits per heavy atom. The molecule has 2 N–H and O–H groups in total. The molecule has 1 saturated heterocycles. The first-order chi connectivity index (χ1) is 12.0. The molecule has 1 aromatic rings. The van der Waals surface area contributed by atoms with Gasteiger partial charge in [0.05, 0.1) is 5.69 Å². The zero-order chi connectivity index (χ0) is 18.2. The Balaban J connectivity index is 1.83. The van der Waals surface area contributed by atoms with Crippen molar-refractivity contribution in [3.05, 3.63) is 29.2 Å². The van der Waals surface area contributed by atoms with Gasteiger partial charge in [-0.1, -0.05) is 17.3 Å². The molecule has 0 amide bonds. The molecule has 1 fully saturated rings. The topological polar surface area (TPSA) is 65.7 Å². The number of rotatable bonds is 7. The lowest BCUT2D eigenvalue weighted by molar-refractivity contribution is 0.221. The van der Waals surface area contributed by atoms with Crippen LogP contribution in [0.15, 0.2) is 21.7 Å². The van der Waals surface area contributed by atoms with Crippen LogP contribution in [0.2, 0.25) is 0 Å². The van der Waals surface area contributed by atoms with Crippen LogP contribution in [0.3, 0.4) is 0 Å². The van der Waals surface area contributed by atoms with Crippen LogP contribution in [0.25, 0.3) is 0 Å². The highest BCUT2D eigenvalue weighted by Crippen LogP contribution is 2.13. The van der Waals surface area contributed by atoms with E-state index in [-0.39, 0.29) is 0 Å². The first kappa shape index (κ1) is 19.5. The van der Waals surface area contributed by atoms with E-state index in [2.05, 4.69) is 41.1 Å². The lowest BCUT2D eigenvalue weighted by Gasteiger charge is -2.33. The molecule has 6 nitrogen and oxygen atoms in total. The third-order valence-electron chi connectivity index (χ3n) is 4.58. The van der Waals surface area contributed by atoms with Gasteiger partial charge in [-0.3, -0.25) is 9.89 Å². The molecule has 0 spiro atoms. The summed E-state index contributed by atoms with van der Waals surface area (Å²) in [5.74, 6) is 1.81. The van der Waals surface area contributed by atoms with Crippen LogP contribution >= 0.6 is 0 Å². The van der Waals surface area contributed by atoms with Crippen LogP contribution in [-0.2, 0) is 6.42 Å². The fourth-order valence-corrected chi connectivity index (χ4v) is 3.27. The Labute approximate surface area is 151 Å². The molecule has 1 aliphatic rings. The average Bonchev–Trinajstić information content (AvgIpc) is 2.88. The molecular formula is C19H33N5O. The van der Waals surface area contributed by atoms with E-state index >= 15 is 0 Å². The quantitative estimate of drug-likeness (QED) is 0.450. The van der Waals surface area contributed by atoms with Crippen LogP contribution in [0.4, 0.5) is 0 Å². The number of aliphatic imine (C=N–C) groups is 1. The fourth-order valence-electron chi connectivity index (χ4n) is 3.27. The smallest absolute Gasteiger partial charge is 0.191 e. The number of piperidine rings is 1. The maximum absolute atomic E-state index is 5.22. The Hall–Kier alpha value is -1.82. The first-order valence-electron chi connectivity index (χ1n) is 9.33. The van der Waals surface area contributed by atoms with Crippen molar-refractivity contribution < 1.29 is 4.52 Å². The normalized spacial score (nSPS) is 16.9. The largest absolute Gasteiger partial charge is 0.361 e. The Morgan fingerprint density at radius 2 is 2.08 bits per heavy atom. The number of hydrogen-bond acceptors (Lipinski definition) is 4. The van der Waals surface area contributed by atoms with Gasteiger partial charge in [-0.2, -0.15) is 0 Å². The molecule has 1 aliphatic heterocycles. The molecule has 140 valence electrons. The second kappa shape index (κ2) is 9.61. The van der Waals surface area contributed by atoms with Crippen molar-refractivity contribution >= 4 is 5.96 Å². The Bertz CT molecular complexity index is 565. The molecule has 0 saturated carbocycles. The van der Waals surface area contributed by atoms with Gasteiger partial charge in [0.2, 0.25) is 0 Å². The number of likely N-dealkylation sites (tertiary alicyclic amines) is 1. The number of hydrogen-bond donors (Lipinski definition) is 2. The van der Waals surface area contributed by atoms with Crippen molar-refractivity contribution in [2.45, 2.75) is 53.0 Å². The van der Waals surface area contributed by atoms with Gasteiger partial charge in [0.1, 0.15) is 5.76 Å². The summed E-state index contributed by atoms with van der Waals surface area (Å²) in [5.41, 5.74) is 3.38. The number of nitrogens with zero attached hydrogens (tertiary/aromatic N) is 3. The number of nitrogens with one attached hydrogen (secondary N) is 2. The molecular weight excluding hydrogens is 314 g/mol. The maximum Gasteiger partial charge on any atom is 0.191 e. The summed E-state index contributed by atoms with van der Waals surface area (Å²) in [5, 5.41) is 11.0. The highest BCUT2D eigenvalue weighted by molar-refractivity contribution is 5.80. The summed E-state index contributed by atoms with van der Waals surface area (Å²) in [6.45, 7) is 17.0. The highest BCUT2D eigenvalue weighted by Gasteiger charge is 2.19. The zero-order valence-electron chi connectivity index (χ0n) is 16.2. The van der Waals surface area contributed by atoms with Crippen molar-refractivity contribution in [1.82, 2.24) is 20.7 Å². The van der Waals surface area contributed by atoms with Crippen molar-refractivity contribution in [1.29, 1.82) is 0 Å². The van der Waals surface area contributed by atoms with E-state index in [4.69, 9.17) is 9.52 Å². The summed E-state index contributed by atoms with van der Waals surface area (Å²) in [6, 6.07) is 0.484. The van der Waals surface area contributed by atoms with E-state index < -0.39 is 0 Å². The number of guanidine groups is 1. The van der Waals surface area contributed by atoms with E-state index in [0.717, 1.165) is 69.4 Å². The second-order valence-corrected chi connectivity index (χ2v) is 6.97. The van der Waals surface area contributed by atoms with Gasteiger partial charge in [0.15, 0.2) is 5.96 Å². The molecule has 6 heteroatoms. The standard InChI is InChI=1S/C19H33N5O/c1-6-20-19(21-10-7-18-15(4)23-25-16(18)5)22-17-8-11-24(12-9-17)13-14(2)3/h17H,2,6-13H2,1,3-5H3,(H2,20,21,22). The molecule has 0 radical (unpaired) electrons. The van der Waals surface area contributed by atoms with E-state index in [9.17, 15) is 0 Å². The van der Waals surface area contributed by atoms with Gasteiger partial charge in [0, 0.05) is 44.3 Å². The number of aromatic nitrogens is 1. The van der Waals surface area contributed by atoms with E-state index in [1.807, 2.05) is 13.8 Å². The third kappa shape index (κ3) is 6.20. The van der Waals surface area contributed by atoms with Gasteiger partial charge in [-0.05, 0) is 47.0 Å². The van der Waals surface area contributed by atoms with E-state index in [0.29, 0.717) is 6.04 Å². The number of aryl methyl sites for hydroxylation is 2. The molecule has 0 bridgehead atoms. The van der Waals surface area contributed by atoms with Crippen LogP contribution in [-0.4, -0.2) is 54.8 Å². The molecule has 2 heterocycles. The summed E-state index contributed by atoms with van der Waals surface area (Å²) < 4.78 is 5.22. The summed E-state index contributed by atoms with van der Waals surface area (Å²) in [4.78, 5) is 7.20. The van der Waals surface area contributed by atoms with Crippen molar-refractivity contribution in [3.8, 4) is 0 Å². The molecule has 0 unspecified atom stereocenters. The summed E-state index contributed by atoms with van der Waals surface area (Å²) in [7, 11) is 0. The zero-order valence-corrected chi connectivity index (χ0v) is 16.2. The molecule has 2 rings (SSSR count). The van der Waals surface area contributed by atoms with Crippen LogP contribution in [0.5, 0.6) is 0 Å². The average molecular weight is 348 g/mol. The Kier molecular flexibility index (Phi) is 7.50. The van der Waals surface area contributed by atoms with Crippen molar-refractivity contribution in [3.63, 3.8) is 0 Å². The van der Waals surface area contributed by atoms with E-state index in [1.54, 1.807) is 0 Å². The minimum atomic E-state index is 0.484. The lowest BCUT2D eigenvalue weighted by atomic mass is 10.0. The lowest BCUT2D eigenvalue weighted by Crippen LogP contribution is -2.49. The fraction of sp³-hybridized carbons (Fsp3) is 0.684. The van der Waals surface area contributed by atoms with E-state index in [1.165, 1.54) is 11.1 Å². The van der Waals surface area contributed by atoms with Crippen LogP contribution in [0, 0.1) is 13.8 Å². The minimum Gasteiger partial charge on any atom is -0.361 e. The van der Waals surface area contributed by atoms with Crippen molar-refractivity contribution in [2.75, 3.05) is 32.7 Å². The van der Waals surface area contributed by atoms with Gasteiger partial charge in [-0.15, -0.1) is 0 Å². The predicted molar refractivity (Wildman–Crippen MR) is 103 cm³/mol.